The Morgan fingerprint density at radius 3 is 2.60 bits per heavy atom. The van der Waals surface area contributed by atoms with Crippen molar-refractivity contribution < 1.29 is 12.8 Å². The number of halogens is 3. The van der Waals surface area contributed by atoms with Crippen molar-refractivity contribution in [3.63, 3.8) is 0 Å². The summed E-state index contributed by atoms with van der Waals surface area (Å²) in [5.74, 6) is -0.719. The Kier molecular flexibility index (Phi) is 4.31. The summed E-state index contributed by atoms with van der Waals surface area (Å²) in [5.41, 5.74) is 5.64. The SMILES string of the molecule is Nc1ncc(Br)cc1S(=O)(=O)Nc1ccc(Br)c(F)c1. The van der Waals surface area contributed by atoms with Gasteiger partial charge in [0.05, 0.1) is 10.2 Å². The molecule has 0 saturated carbocycles. The van der Waals surface area contributed by atoms with Crippen molar-refractivity contribution >= 4 is 53.4 Å². The van der Waals surface area contributed by atoms with Gasteiger partial charge in [-0.15, -0.1) is 0 Å². The molecule has 5 nitrogen and oxygen atoms in total. The number of rotatable bonds is 3. The van der Waals surface area contributed by atoms with Gasteiger partial charge in [-0.1, -0.05) is 0 Å². The number of aromatic nitrogens is 1. The summed E-state index contributed by atoms with van der Waals surface area (Å²) in [7, 11) is -3.95. The summed E-state index contributed by atoms with van der Waals surface area (Å²) in [4.78, 5) is 3.56. The molecule has 2 aromatic rings. The third-order valence-electron chi connectivity index (χ3n) is 2.31. The van der Waals surface area contributed by atoms with Crippen LogP contribution in [-0.4, -0.2) is 13.4 Å². The summed E-state index contributed by atoms with van der Waals surface area (Å²) in [5, 5.41) is 0. The molecule has 106 valence electrons. The topological polar surface area (TPSA) is 85.1 Å². The number of pyridine rings is 1. The number of benzene rings is 1. The predicted molar refractivity (Wildman–Crippen MR) is 81.3 cm³/mol. The predicted octanol–water partition coefficient (Wildman–Crippen LogP) is 3.13. The summed E-state index contributed by atoms with van der Waals surface area (Å²) < 4.78 is 40.7. The molecular weight excluding hydrogens is 417 g/mol. The van der Waals surface area contributed by atoms with Gasteiger partial charge < -0.3 is 5.73 Å². The summed E-state index contributed by atoms with van der Waals surface area (Å²) in [6.07, 6.45) is 1.38. The lowest BCUT2D eigenvalue weighted by Gasteiger charge is -2.10. The number of nitrogens with zero attached hydrogens (tertiary/aromatic N) is 1. The molecule has 0 saturated heterocycles. The molecule has 0 aliphatic rings. The molecule has 0 unspecified atom stereocenters. The zero-order chi connectivity index (χ0) is 14.9. The van der Waals surface area contributed by atoms with Gasteiger partial charge >= 0.3 is 0 Å². The fourth-order valence-electron chi connectivity index (χ4n) is 1.42. The minimum atomic E-state index is -3.95. The molecule has 0 spiro atoms. The average Bonchev–Trinajstić information content (AvgIpc) is 2.36. The molecular formula is C11H8Br2FN3O2S. The van der Waals surface area contributed by atoms with Crippen LogP contribution in [0.25, 0.3) is 0 Å². The van der Waals surface area contributed by atoms with Crippen LogP contribution in [0.5, 0.6) is 0 Å². The highest BCUT2D eigenvalue weighted by molar-refractivity contribution is 9.10. The van der Waals surface area contributed by atoms with Gasteiger partial charge in [0.15, 0.2) is 0 Å². The van der Waals surface area contributed by atoms with Crippen LogP contribution in [0.3, 0.4) is 0 Å². The third-order valence-corrected chi connectivity index (χ3v) is 4.80. The quantitative estimate of drug-likeness (QED) is 0.792. The number of nitrogen functional groups attached to an aromatic ring is 1. The van der Waals surface area contributed by atoms with E-state index < -0.39 is 15.8 Å². The molecule has 0 amide bonds. The van der Waals surface area contributed by atoms with Crippen LogP contribution in [0.2, 0.25) is 0 Å². The fraction of sp³-hybridized carbons (Fsp3) is 0. The molecule has 1 heterocycles. The minimum absolute atomic E-state index is 0.0880. The highest BCUT2D eigenvalue weighted by atomic mass is 79.9. The number of sulfonamides is 1. The van der Waals surface area contributed by atoms with E-state index in [-0.39, 0.29) is 20.9 Å². The lowest BCUT2D eigenvalue weighted by molar-refractivity contribution is 0.601. The standard InChI is InChI=1S/C11H8Br2FN3O2S/c12-6-3-10(11(15)16-5-6)20(18,19)17-7-1-2-8(13)9(14)4-7/h1-5,17H,(H2,15,16). The monoisotopic (exact) mass is 423 g/mol. The number of nitrogens with one attached hydrogen (secondary N) is 1. The van der Waals surface area contributed by atoms with E-state index in [1.165, 1.54) is 24.4 Å². The van der Waals surface area contributed by atoms with Crippen LogP contribution in [0.4, 0.5) is 15.9 Å². The first-order valence-corrected chi connectivity index (χ1v) is 8.25. The Balaban J connectivity index is 2.40. The van der Waals surface area contributed by atoms with Gasteiger partial charge in [-0.25, -0.2) is 17.8 Å². The molecule has 3 N–H and O–H groups in total. The molecule has 1 aromatic heterocycles. The van der Waals surface area contributed by atoms with Gasteiger partial charge in [0.2, 0.25) is 0 Å². The highest BCUT2D eigenvalue weighted by Crippen LogP contribution is 2.25. The van der Waals surface area contributed by atoms with Gasteiger partial charge in [0, 0.05) is 10.7 Å². The Bertz CT molecular complexity index is 768. The number of nitrogens with two attached hydrogens (primary N) is 1. The van der Waals surface area contributed by atoms with Crippen molar-refractivity contribution in [2.45, 2.75) is 4.90 Å². The largest absolute Gasteiger partial charge is 0.383 e. The van der Waals surface area contributed by atoms with E-state index in [9.17, 15) is 12.8 Å². The number of hydrogen-bond acceptors (Lipinski definition) is 4. The maximum atomic E-state index is 13.4. The third kappa shape index (κ3) is 3.28. The Morgan fingerprint density at radius 2 is 1.95 bits per heavy atom. The van der Waals surface area contributed by atoms with E-state index in [0.717, 1.165) is 6.07 Å². The van der Waals surface area contributed by atoms with Crippen LogP contribution in [0.1, 0.15) is 0 Å². The van der Waals surface area contributed by atoms with Gasteiger partial charge in [-0.05, 0) is 56.1 Å². The molecule has 20 heavy (non-hydrogen) atoms. The van der Waals surface area contributed by atoms with Gasteiger partial charge in [-0.3, -0.25) is 4.72 Å². The first-order chi connectivity index (χ1) is 9.29. The number of hydrogen-bond donors (Lipinski definition) is 2. The lowest BCUT2D eigenvalue weighted by atomic mass is 10.3. The van der Waals surface area contributed by atoms with E-state index in [0.29, 0.717) is 4.47 Å². The molecule has 2 rings (SSSR count). The molecule has 0 atom stereocenters. The summed E-state index contributed by atoms with van der Waals surface area (Å²) in [6, 6.07) is 5.20. The second-order valence-electron chi connectivity index (χ2n) is 3.77. The van der Waals surface area contributed by atoms with E-state index in [2.05, 4.69) is 41.6 Å². The van der Waals surface area contributed by atoms with E-state index >= 15 is 0 Å². The summed E-state index contributed by atoms with van der Waals surface area (Å²) >= 11 is 6.11. The number of anilines is 2. The van der Waals surface area contributed by atoms with Crippen molar-refractivity contribution in [3.8, 4) is 0 Å². The van der Waals surface area contributed by atoms with Crippen molar-refractivity contribution in [1.29, 1.82) is 0 Å². The van der Waals surface area contributed by atoms with Gasteiger partial charge in [-0.2, -0.15) is 0 Å². The molecule has 0 bridgehead atoms. The zero-order valence-corrected chi connectivity index (χ0v) is 13.8. The fourth-order valence-corrected chi connectivity index (χ4v) is 3.30. The molecule has 0 aliphatic carbocycles. The first-order valence-electron chi connectivity index (χ1n) is 5.18. The van der Waals surface area contributed by atoms with Crippen LogP contribution >= 0.6 is 31.9 Å². The molecule has 1 aromatic carbocycles. The van der Waals surface area contributed by atoms with Crippen LogP contribution in [0, 0.1) is 5.82 Å². The van der Waals surface area contributed by atoms with E-state index in [1.54, 1.807) is 0 Å². The Labute approximate surface area is 131 Å². The van der Waals surface area contributed by atoms with Crippen molar-refractivity contribution in [2.24, 2.45) is 0 Å². The van der Waals surface area contributed by atoms with E-state index in [4.69, 9.17) is 5.73 Å². The van der Waals surface area contributed by atoms with Crippen LogP contribution < -0.4 is 10.5 Å². The Morgan fingerprint density at radius 1 is 1.25 bits per heavy atom. The second kappa shape index (κ2) is 5.66. The maximum Gasteiger partial charge on any atom is 0.265 e. The van der Waals surface area contributed by atoms with E-state index in [1.807, 2.05) is 0 Å². The average molecular weight is 425 g/mol. The zero-order valence-electron chi connectivity index (χ0n) is 9.77. The van der Waals surface area contributed by atoms with Crippen LogP contribution in [-0.2, 0) is 10.0 Å². The molecule has 0 fully saturated rings. The molecule has 9 heteroatoms. The highest BCUT2D eigenvalue weighted by Gasteiger charge is 2.19. The smallest absolute Gasteiger partial charge is 0.265 e. The maximum absolute atomic E-state index is 13.4. The van der Waals surface area contributed by atoms with Gasteiger partial charge in [0.25, 0.3) is 10.0 Å². The van der Waals surface area contributed by atoms with Crippen molar-refractivity contribution in [2.75, 3.05) is 10.5 Å². The van der Waals surface area contributed by atoms with Crippen molar-refractivity contribution in [1.82, 2.24) is 4.98 Å². The van der Waals surface area contributed by atoms with Gasteiger partial charge in [0.1, 0.15) is 16.5 Å². The Hall–Kier alpha value is -1.19. The summed E-state index contributed by atoms with van der Waals surface area (Å²) in [6.45, 7) is 0. The van der Waals surface area contributed by atoms with Crippen LogP contribution in [0.15, 0.2) is 44.3 Å². The molecule has 0 radical (unpaired) electrons. The minimum Gasteiger partial charge on any atom is -0.383 e. The van der Waals surface area contributed by atoms with Crippen molar-refractivity contribution in [3.05, 3.63) is 45.2 Å². The normalized spacial score (nSPS) is 11.3. The second-order valence-corrected chi connectivity index (χ2v) is 7.19. The first kappa shape index (κ1) is 15.2. The molecule has 0 aliphatic heterocycles. The lowest BCUT2D eigenvalue weighted by Crippen LogP contribution is -2.15.